The van der Waals surface area contributed by atoms with E-state index in [2.05, 4.69) is 0 Å². The molecule has 5 nitrogen and oxygen atoms in total. The van der Waals surface area contributed by atoms with Gasteiger partial charge in [-0.05, 0) is 24.6 Å². The number of rotatable bonds is 2. The van der Waals surface area contributed by atoms with Crippen LogP contribution in [0.5, 0.6) is 0 Å². The van der Waals surface area contributed by atoms with Crippen molar-refractivity contribution >= 4 is 35.0 Å². The van der Waals surface area contributed by atoms with Gasteiger partial charge in [-0.2, -0.15) is 5.26 Å². The van der Waals surface area contributed by atoms with Crippen LogP contribution in [0.4, 0.5) is 0 Å². The molecule has 0 unspecified atom stereocenters. The number of benzene rings is 1. The molecule has 2 rings (SSSR count). The summed E-state index contributed by atoms with van der Waals surface area (Å²) in [5.41, 5.74) is 0.367. The Kier molecular flexibility index (Phi) is 5.64. The highest BCUT2D eigenvalue weighted by Crippen LogP contribution is 2.22. The van der Waals surface area contributed by atoms with Gasteiger partial charge in [-0.15, -0.1) is 0 Å². The maximum Gasteiger partial charge on any atom is 0.255 e. The first-order chi connectivity index (χ1) is 10.5. The van der Waals surface area contributed by atoms with Gasteiger partial charge in [0.2, 0.25) is 5.91 Å². The van der Waals surface area contributed by atoms with Crippen LogP contribution in [0.1, 0.15) is 23.2 Å². The second kappa shape index (κ2) is 7.48. The summed E-state index contributed by atoms with van der Waals surface area (Å²) in [4.78, 5) is 27.6. The van der Waals surface area contributed by atoms with Crippen LogP contribution in [-0.2, 0) is 4.79 Å². The van der Waals surface area contributed by atoms with Crippen LogP contribution in [0.25, 0.3) is 0 Å². The van der Waals surface area contributed by atoms with E-state index in [-0.39, 0.29) is 18.2 Å². The molecular formula is C15H15Cl2N3O2. The highest BCUT2D eigenvalue weighted by Gasteiger charge is 2.24. The number of hydrogen-bond donors (Lipinski definition) is 0. The van der Waals surface area contributed by atoms with Crippen LogP contribution in [0.2, 0.25) is 10.0 Å². The monoisotopic (exact) mass is 339 g/mol. The SMILES string of the molecule is N#CCC(=O)N1CCCN(C(=O)c2cc(Cl)ccc2Cl)CC1. The molecule has 0 aromatic heterocycles. The fourth-order valence-electron chi connectivity index (χ4n) is 2.38. The van der Waals surface area contributed by atoms with Gasteiger partial charge in [-0.1, -0.05) is 23.2 Å². The van der Waals surface area contributed by atoms with Crippen LogP contribution in [-0.4, -0.2) is 47.8 Å². The highest BCUT2D eigenvalue weighted by atomic mass is 35.5. The molecule has 1 aromatic rings. The molecule has 1 aromatic carbocycles. The van der Waals surface area contributed by atoms with Crippen LogP contribution in [0.3, 0.4) is 0 Å². The zero-order chi connectivity index (χ0) is 16.1. The molecule has 116 valence electrons. The minimum atomic E-state index is -0.197. The lowest BCUT2D eigenvalue weighted by molar-refractivity contribution is -0.129. The number of halogens is 2. The van der Waals surface area contributed by atoms with E-state index in [1.807, 2.05) is 6.07 Å². The third-order valence-corrected chi connectivity index (χ3v) is 4.09. The van der Waals surface area contributed by atoms with Gasteiger partial charge in [0.1, 0.15) is 6.42 Å². The molecule has 0 aliphatic carbocycles. The topological polar surface area (TPSA) is 64.4 Å². The quantitative estimate of drug-likeness (QED) is 0.831. The number of nitriles is 1. The maximum atomic E-state index is 12.6. The first kappa shape index (κ1) is 16.6. The van der Waals surface area contributed by atoms with Gasteiger partial charge in [-0.3, -0.25) is 9.59 Å². The Labute approximate surface area is 139 Å². The second-order valence-corrected chi connectivity index (χ2v) is 5.83. The third-order valence-electron chi connectivity index (χ3n) is 3.52. The molecule has 1 heterocycles. The minimum Gasteiger partial charge on any atom is -0.340 e. The third kappa shape index (κ3) is 3.90. The van der Waals surface area contributed by atoms with Gasteiger partial charge in [0, 0.05) is 31.2 Å². The molecule has 1 saturated heterocycles. The summed E-state index contributed by atoms with van der Waals surface area (Å²) < 4.78 is 0. The van der Waals surface area contributed by atoms with E-state index >= 15 is 0 Å². The predicted octanol–water partition coefficient (Wildman–Crippen LogP) is 2.58. The lowest BCUT2D eigenvalue weighted by Crippen LogP contribution is -2.37. The molecule has 0 N–H and O–H groups in total. The van der Waals surface area contributed by atoms with Crippen molar-refractivity contribution in [3.8, 4) is 6.07 Å². The summed E-state index contributed by atoms with van der Waals surface area (Å²) in [5.74, 6) is -0.389. The number of amides is 2. The van der Waals surface area contributed by atoms with Crippen molar-refractivity contribution in [2.75, 3.05) is 26.2 Å². The molecule has 0 radical (unpaired) electrons. The Bertz CT molecular complexity index is 628. The Morgan fingerprint density at radius 1 is 1.14 bits per heavy atom. The zero-order valence-electron chi connectivity index (χ0n) is 11.9. The number of nitrogens with zero attached hydrogens (tertiary/aromatic N) is 3. The molecule has 1 fully saturated rings. The van der Waals surface area contributed by atoms with E-state index < -0.39 is 0 Å². The Hall–Kier alpha value is -1.77. The molecule has 0 saturated carbocycles. The largest absolute Gasteiger partial charge is 0.340 e. The molecule has 1 aliphatic heterocycles. The first-order valence-corrected chi connectivity index (χ1v) is 7.67. The van der Waals surface area contributed by atoms with Gasteiger partial charge < -0.3 is 9.80 Å². The van der Waals surface area contributed by atoms with Crippen LogP contribution in [0, 0.1) is 11.3 Å². The molecule has 0 bridgehead atoms. The maximum absolute atomic E-state index is 12.6. The number of carbonyl (C=O) groups is 2. The average molecular weight is 340 g/mol. The number of hydrogen-bond acceptors (Lipinski definition) is 3. The molecule has 0 spiro atoms. The van der Waals surface area contributed by atoms with Crippen molar-refractivity contribution < 1.29 is 9.59 Å². The van der Waals surface area contributed by atoms with Gasteiger partial charge in [0.05, 0.1) is 16.7 Å². The standard InChI is InChI=1S/C15H15Cl2N3O2/c16-11-2-3-13(17)12(10-11)15(22)20-7-1-6-19(8-9-20)14(21)4-5-18/h2-3,10H,1,4,6-9H2. The predicted molar refractivity (Wildman–Crippen MR) is 83.8 cm³/mol. The fourth-order valence-corrected chi connectivity index (χ4v) is 2.75. The Morgan fingerprint density at radius 3 is 2.55 bits per heavy atom. The molecule has 2 amide bonds. The van der Waals surface area contributed by atoms with Gasteiger partial charge in [0.15, 0.2) is 0 Å². The van der Waals surface area contributed by atoms with E-state index in [1.165, 1.54) is 0 Å². The highest BCUT2D eigenvalue weighted by molar-refractivity contribution is 6.35. The van der Waals surface area contributed by atoms with E-state index in [4.69, 9.17) is 28.5 Å². The van der Waals surface area contributed by atoms with Crippen molar-refractivity contribution in [1.82, 2.24) is 9.80 Å². The number of carbonyl (C=O) groups excluding carboxylic acids is 2. The summed E-state index contributed by atoms with van der Waals surface area (Å²) in [6, 6.07) is 6.63. The smallest absolute Gasteiger partial charge is 0.255 e. The molecule has 0 atom stereocenters. The summed E-state index contributed by atoms with van der Waals surface area (Å²) in [6.45, 7) is 1.93. The van der Waals surface area contributed by atoms with E-state index in [0.717, 1.165) is 0 Å². The van der Waals surface area contributed by atoms with Crippen LogP contribution in [0.15, 0.2) is 18.2 Å². The van der Waals surface area contributed by atoms with E-state index in [0.29, 0.717) is 48.2 Å². The average Bonchev–Trinajstić information content (AvgIpc) is 2.75. The lowest BCUT2D eigenvalue weighted by Gasteiger charge is -2.22. The van der Waals surface area contributed by atoms with Crippen molar-refractivity contribution in [3.63, 3.8) is 0 Å². The Morgan fingerprint density at radius 2 is 1.82 bits per heavy atom. The molecular weight excluding hydrogens is 325 g/mol. The van der Waals surface area contributed by atoms with Crippen molar-refractivity contribution in [1.29, 1.82) is 5.26 Å². The molecule has 7 heteroatoms. The minimum absolute atomic E-state index is 0.131. The normalized spacial score (nSPS) is 15.1. The second-order valence-electron chi connectivity index (χ2n) is 4.99. The van der Waals surface area contributed by atoms with Crippen molar-refractivity contribution in [2.45, 2.75) is 12.8 Å². The van der Waals surface area contributed by atoms with Gasteiger partial charge in [0.25, 0.3) is 5.91 Å². The van der Waals surface area contributed by atoms with Crippen LogP contribution < -0.4 is 0 Å². The fraction of sp³-hybridized carbons (Fsp3) is 0.400. The first-order valence-electron chi connectivity index (χ1n) is 6.92. The van der Waals surface area contributed by atoms with Gasteiger partial charge in [-0.25, -0.2) is 0 Å². The van der Waals surface area contributed by atoms with Crippen molar-refractivity contribution in [2.24, 2.45) is 0 Å². The van der Waals surface area contributed by atoms with Crippen LogP contribution >= 0.6 is 23.2 Å². The lowest BCUT2D eigenvalue weighted by atomic mass is 10.2. The summed E-state index contributed by atoms with van der Waals surface area (Å²) in [7, 11) is 0. The van der Waals surface area contributed by atoms with E-state index in [9.17, 15) is 9.59 Å². The van der Waals surface area contributed by atoms with Crippen molar-refractivity contribution in [3.05, 3.63) is 33.8 Å². The Balaban J connectivity index is 2.08. The van der Waals surface area contributed by atoms with E-state index in [1.54, 1.807) is 28.0 Å². The zero-order valence-corrected chi connectivity index (χ0v) is 13.4. The summed E-state index contributed by atoms with van der Waals surface area (Å²) in [5, 5.41) is 9.40. The van der Waals surface area contributed by atoms with Gasteiger partial charge >= 0.3 is 0 Å². The summed E-state index contributed by atoms with van der Waals surface area (Å²) in [6.07, 6.45) is 0.537. The molecule has 1 aliphatic rings. The summed E-state index contributed by atoms with van der Waals surface area (Å²) >= 11 is 12.0. The molecule has 22 heavy (non-hydrogen) atoms.